The van der Waals surface area contributed by atoms with Gasteiger partial charge in [0.2, 0.25) is 0 Å². The van der Waals surface area contributed by atoms with Crippen LogP contribution < -0.4 is 15.4 Å². The van der Waals surface area contributed by atoms with E-state index in [9.17, 15) is 9.18 Å². The van der Waals surface area contributed by atoms with Crippen molar-refractivity contribution < 1.29 is 23.4 Å². The maximum Gasteiger partial charge on any atom is 0.315 e. The van der Waals surface area contributed by atoms with Gasteiger partial charge < -0.3 is 24.8 Å². The number of ether oxygens (including phenoxy) is 3. The highest BCUT2D eigenvalue weighted by molar-refractivity contribution is 5.75. The largest absolute Gasteiger partial charge is 0.483 e. The highest BCUT2D eigenvalue weighted by Crippen LogP contribution is 2.30. The molecule has 2 aromatic rings. The molecule has 0 aliphatic carbocycles. The van der Waals surface area contributed by atoms with Gasteiger partial charge in [-0.25, -0.2) is 9.18 Å². The van der Waals surface area contributed by atoms with E-state index in [4.69, 9.17) is 14.2 Å². The summed E-state index contributed by atoms with van der Waals surface area (Å²) in [5.41, 5.74) is 1.24. The number of carbonyl (C=O) groups is 1. The molecule has 2 aliphatic heterocycles. The molecule has 4 rings (SSSR count). The molecule has 0 bridgehead atoms. The summed E-state index contributed by atoms with van der Waals surface area (Å²) >= 11 is 0. The summed E-state index contributed by atoms with van der Waals surface area (Å²) < 4.78 is 31.0. The minimum Gasteiger partial charge on any atom is -0.483 e. The van der Waals surface area contributed by atoms with Crippen molar-refractivity contribution in [2.45, 2.75) is 57.1 Å². The average Bonchev–Trinajstić information content (AvgIpc) is 3.28. The molecule has 2 amide bonds. The number of fused-ring (bicyclic) bond motifs is 1. The zero-order valence-electron chi connectivity index (χ0n) is 17.9. The Bertz CT molecular complexity index is 921. The molecule has 2 fully saturated rings. The number of amides is 2. The SMILES string of the molecule is Cc1ncccc1O[C@H]1CO[C@H]2[C@@H]1OC[C@@H]2NC(=O)NC(C)(C)Cc1ccc(F)cc1. The first kappa shape index (κ1) is 21.5. The van der Waals surface area contributed by atoms with Crippen LogP contribution in [0.4, 0.5) is 9.18 Å². The van der Waals surface area contributed by atoms with E-state index < -0.39 is 5.54 Å². The van der Waals surface area contributed by atoms with Crippen molar-refractivity contribution in [3.63, 3.8) is 0 Å². The van der Waals surface area contributed by atoms with Gasteiger partial charge in [-0.05, 0) is 57.0 Å². The van der Waals surface area contributed by atoms with Gasteiger partial charge >= 0.3 is 6.03 Å². The van der Waals surface area contributed by atoms with E-state index in [2.05, 4.69) is 15.6 Å². The van der Waals surface area contributed by atoms with E-state index in [1.165, 1.54) is 12.1 Å². The number of rotatable bonds is 6. The van der Waals surface area contributed by atoms with Gasteiger partial charge in [-0.1, -0.05) is 12.1 Å². The number of carbonyl (C=O) groups excluding carboxylic acids is 1. The zero-order valence-corrected chi connectivity index (χ0v) is 17.9. The van der Waals surface area contributed by atoms with Crippen LogP contribution in [0.15, 0.2) is 42.6 Å². The minimum absolute atomic E-state index is 0.252. The van der Waals surface area contributed by atoms with E-state index in [1.54, 1.807) is 18.3 Å². The Hall–Kier alpha value is -2.71. The van der Waals surface area contributed by atoms with Crippen LogP contribution in [0.3, 0.4) is 0 Å². The molecule has 2 N–H and O–H groups in total. The number of nitrogens with zero attached hydrogens (tertiary/aromatic N) is 1. The first-order valence-electron chi connectivity index (χ1n) is 10.5. The Kier molecular flexibility index (Phi) is 6.11. The molecule has 1 aromatic carbocycles. The number of hydrogen-bond acceptors (Lipinski definition) is 5. The maximum atomic E-state index is 13.1. The average molecular weight is 429 g/mol. The summed E-state index contributed by atoms with van der Waals surface area (Å²) in [5, 5.41) is 5.96. The molecule has 2 aliphatic rings. The number of aryl methyl sites for hydroxylation is 1. The van der Waals surface area contributed by atoms with Crippen molar-refractivity contribution >= 4 is 6.03 Å². The number of halogens is 1. The van der Waals surface area contributed by atoms with Gasteiger partial charge in [0.15, 0.2) is 6.10 Å². The summed E-state index contributed by atoms with van der Waals surface area (Å²) in [6.45, 7) is 6.49. The van der Waals surface area contributed by atoms with E-state index in [1.807, 2.05) is 32.9 Å². The minimum atomic E-state index is -0.513. The van der Waals surface area contributed by atoms with Crippen molar-refractivity contribution in [1.82, 2.24) is 15.6 Å². The van der Waals surface area contributed by atoms with Crippen molar-refractivity contribution in [2.24, 2.45) is 0 Å². The second kappa shape index (κ2) is 8.80. The molecule has 166 valence electrons. The van der Waals surface area contributed by atoms with Crippen LogP contribution in [-0.4, -0.2) is 54.1 Å². The van der Waals surface area contributed by atoms with Crippen LogP contribution in [0.25, 0.3) is 0 Å². The fourth-order valence-corrected chi connectivity index (χ4v) is 4.11. The summed E-state index contributed by atoms with van der Waals surface area (Å²) in [4.78, 5) is 16.9. The van der Waals surface area contributed by atoms with E-state index in [-0.39, 0.29) is 36.2 Å². The van der Waals surface area contributed by atoms with Crippen molar-refractivity contribution in [2.75, 3.05) is 13.2 Å². The Morgan fingerprint density at radius 1 is 1.19 bits per heavy atom. The first-order valence-corrected chi connectivity index (χ1v) is 10.5. The summed E-state index contributed by atoms with van der Waals surface area (Å²) in [5.74, 6) is 0.428. The second-order valence-electron chi connectivity index (χ2n) is 8.73. The van der Waals surface area contributed by atoms with Gasteiger partial charge in [0.25, 0.3) is 0 Å². The molecule has 1 aromatic heterocycles. The van der Waals surface area contributed by atoms with Crippen LogP contribution in [0.1, 0.15) is 25.1 Å². The molecule has 0 spiro atoms. The van der Waals surface area contributed by atoms with Crippen molar-refractivity contribution in [3.05, 3.63) is 59.7 Å². The Morgan fingerprint density at radius 2 is 1.94 bits per heavy atom. The zero-order chi connectivity index (χ0) is 22.0. The molecule has 0 unspecified atom stereocenters. The normalized spacial score (nSPS) is 25.2. The predicted molar refractivity (Wildman–Crippen MR) is 113 cm³/mol. The number of nitrogens with one attached hydrogen (secondary N) is 2. The standard InChI is InChI=1S/C23H28FN3O4/c1-14-18(5-4-10-25-14)31-19-13-30-20-17(12-29-21(19)20)26-22(28)27-23(2,3)11-15-6-8-16(24)9-7-15/h4-10,17,19-21H,11-13H2,1-3H3,(H2,26,27,28)/t17-,19-,20+,21+/m0/s1. The smallest absolute Gasteiger partial charge is 0.315 e. The Morgan fingerprint density at radius 3 is 2.68 bits per heavy atom. The predicted octanol–water partition coefficient (Wildman–Crippen LogP) is 2.76. The quantitative estimate of drug-likeness (QED) is 0.738. The van der Waals surface area contributed by atoms with Gasteiger partial charge in [0.05, 0.1) is 24.9 Å². The Labute approximate surface area is 181 Å². The summed E-state index contributed by atoms with van der Waals surface area (Å²) in [7, 11) is 0. The van der Waals surface area contributed by atoms with E-state index in [0.29, 0.717) is 25.4 Å². The number of hydrogen-bond donors (Lipinski definition) is 2. The van der Waals surface area contributed by atoms with Crippen molar-refractivity contribution in [1.29, 1.82) is 0 Å². The lowest BCUT2D eigenvalue weighted by Gasteiger charge is -2.28. The van der Waals surface area contributed by atoms with Gasteiger partial charge in [-0.2, -0.15) is 0 Å². The van der Waals surface area contributed by atoms with Gasteiger partial charge in [0.1, 0.15) is 23.8 Å². The lowest BCUT2D eigenvalue weighted by molar-refractivity contribution is 0.0299. The number of benzene rings is 1. The van der Waals surface area contributed by atoms with Crippen LogP contribution in [-0.2, 0) is 15.9 Å². The molecule has 3 heterocycles. The molecule has 4 atom stereocenters. The second-order valence-corrected chi connectivity index (χ2v) is 8.73. The maximum absolute atomic E-state index is 13.1. The van der Waals surface area contributed by atoms with Gasteiger partial charge in [0, 0.05) is 11.7 Å². The fraction of sp³-hybridized carbons (Fsp3) is 0.478. The molecule has 31 heavy (non-hydrogen) atoms. The van der Waals surface area contributed by atoms with Gasteiger partial charge in [-0.15, -0.1) is 0 Å². The summed E-state index contributed by atoms with van der Waals surface area (Å²) in [6.07, 6.45) is 1.52. The molecular formula is C23H28FN3O4. The molecule has 0 radical (unpaired) electrons. The number of aromatic nitrogens is 1. The topological polar surface area (TPSA) is 81.7 Å². The molecule has 0 saturated carbocycles. The first-order chi connectivity index (χ1) is 14.8. The molecule has 2 saturated heterocycles. The van der Waals surface area contributed by atoms with Crippen LogP contribution in [0.2, 0.25) is 0 Å². The monoisotopic (exact) mass is 429 g/mol. The van der Waals surface area contributed by atoms with E-state index in [0.717, 1.165) is 11.3 Å². The lowest BCUT2D eigenvalue weighted by Crippen LogP contribution is -2.54. The third-order valence-corrected chi connectivity index (χ3v) is 5.57. The molecular weight excluding hydrogens is 401 g/mol. The fourth-order valence-electron chi connectivity index (χ4n) is 4.11. The number of pyridine rings is 1. The third kappa shape index (κ3) is 5.14. The third-order valence-electron chi connectivity index (χ3n) is 5.57. The van der Waals surface area contributed by atoms with Crippen LogP contribution in [0, 0.1) is 12.7 Å². The Balaban J connectivity index is 1.30. The summed E-state index contributed by atoms with van der Waals surface area (Å²) in [6, 6.07) is 9.43. The van der Waals surface area contributed by atoms with E-state index >= 15 is 0 Å². The van der Waals surface area contributed by atoms with Crippen LogP contribution in [0.5, 0.6) is 5.75 Å². The van der Waals surface area contributed by atoms with Crippen molar-refractivity contribution in [3.8, 4) is 5.75 Å². The highest BCUT2D eigenvalue weighted by Gasteiger charge is 2.49. The number of urea groups is 1. The lowest BCUT2D eigenvalue weighted by atomic mass is 9.95. The molecule has 8 heteroatoms. The highest BCUT2D eigenvalue weighted by atomic mass is 19.1. The molecule has 7 nitrogen and oxygen atoms in total. The van der Waals surface area contributed by atoms with Gasteiger partial charge in [-0.3, -0.25) is 4.98 Å². The van der Waals surface area contributed by atoms with Crippen LogP contribution >= 0.6 is 0 Å².